The van der Waals surface area contributed by atoms with E-state index < -0.39 is 37.3 Å². The van der Waals surface area contributed by atoms with Crippen LogP contribution in [0.2, 0.25) is 0 Å². The predicted octanol–water partition coefficient (Wildman–Crippen LogP) is 1.14. The fourth-order valence-electron chi connectivity index (χ4n) is 3.05. The summed E-state index contributed by atoms with van der Waals surface area (Å²) in [5, 5.41) is 0. The van der Waals surface area contributed by atoms with Gasteiger partial charge in [0.2, 0.25) is 0 Å². The smallest absolute Gasteiger partial charge is 0.331 e. The topological polar surface area (TPSA) is 96.2 Å². The van der Waals surface area contributed by atoms with Gasteiger partial charge in [-0.3, -0.25) is 18.5 Å². The quantitative estimate of drug-likeness (QED) is 0.761. The molecule has 3 heterocycles. The van der Waals surface area contributed by atoms with Gasteiger partial charge in [0.15, 0.2) is 6.23 Å². The van der Waals surface area contributed by atoms with Crippen molar-refractivity contribution in [1.29, 1.82) is 0 Å². The van der Waals surface area contributed by atoms with Crippen molar-refractivity contribution in [2.45, 2.75) is 43.5 Å². The predicted molar refractivity (Wildman–Crippen MR) is 85.0 cm³/mol. The van der Waals surface area contributed by atoms with Crippen molar-refractivity contribution in [2.75, 3.05) is 20.3 Å². The maximum Gasteiger partial charge on any atom is 0.331 e. The summed E-state index contributed by atoms with van der Waals surface area (Å²) in [6.07, 6.45) is -0.609. The minimum atomic E-state index is -3.85. The molecule has 0 amide bonds. The zero-order valence-electron chi connectivity index (χ0n) is 13.8. The number of hydrogen-bond acceptors (Lipinski definition) is 6. The molecular formula is C15H22NO7P. The van der Waals surface area contributed by atoms with Crippen LogP contribution in [-0.2, 0) is 23.3 Å². The zero-order chi connectivity index (χ0) is 17.5. The first kappa shape index (κ1) is 17.8. The molecule has 1 N–H and O–H groups in total. The Labute approximate surface area is 139 Å². The van der Waals surface area contributed by atoms with Gasteiger partial charge in [-0.15, -0.1) is 0 Å². The SMILES string of the molecule is COC[C@@]12COC(C(n3ccccc3=O)O1)C2OP(=O)(O)C(C)C. The van der Waals surface area contributed by atoms with E-state index in [2.05, 4.69) is 0 Å². The molecule has 134 valence electrons. The van der Waals surface area contributed by atoms with Crippen LogP contribution in [0.1, 0.15) is 20.1 Å². The van der Waals surface area contributed by atoms with Crippen LogP contribution < -0.4 is 5.56 Å². The first-order valence-corrected chi connectivity index (χ1v) is 9.42. The number of nitrogens with zero attached hydrogens (tertiary/aromatic N) is 1. The standard InChI is InChI=1S/C15H22NO7P/c1-10(2)24(18,19)23-13-12-14(16-7-5-4-6-11(16)17)22-15(13,8-20-3)9-21-12/h4-7,10,12-14H,8-9H2,1-3H3,(H,18,19)/t12?,13?,14?,15-/m0/s1. The minimum Gasteiger partial charge on any atom is -0.381 e. The van der Waals surface area contributed by atoms with Crippen molar-refractivity contribution in [2.24, 2.45) is 0 Å². The number of fused-ring (bicyclic) bond motifs is 2. The highest BCUT2D eigenvalue weighted by molar-refractivity contribution is 7.53. The normalized spacial score (nSPS) is 34.6. The lowest BCUT2D eigenvalue weighted by atomic mass is 10.0. The second-order valence-electron chi connectivity index (χ2n) is 6.41. The van der Waals surface area contributed by atoms with E-state index in [1.807, 2.05) is 0 Å². The fourth-order valence-corrected chi connectivity index (χ4v) is 3.94. The van der Waals surface area contributed by atoms with E-state index in [-0.39, 0.29) is 18.8 Å². The van der Waals surface area contributed by atoms with Crippen LogP contribution >= 0.6 is 7.60 Å². The van der Waals surface area contributed by atoms with Crippen LogP contribution in [0, 0.1) is 0 Å². The third kappa shape index (κ3) is 2.87. The summed E-state index contributed by atoms with van der Waals surface area (Å²) in [7, 11) is -2.34. The van der Waals surface area contributed by atoms with Crippen molar-refractivity contribution in [3.8, 4) is 0 Å². The van der Waals surface area contributed by atoms with Gasteiger partial charge in [0, 0.05) is 19.4 Å². The third-order valence-electron chi connectivity index (χ3n) is 4.40. The third-order valence-corrected chi connectivity index (χ3v) is 6.24. The molecule has 3 rings (SSSR count). The Morgan fingerprint density at radius 3 is 2.88 bits per heavy atom. The zero-order valence-corrected chi connectivity index (χ0v) is 14.7. The van der Waals surface area contributed by atoms with Crippen LogP contribution in [-0.4, -0.2) is 53.3 Å². The van der Waals surface area contributed by atoms with E-state index in [0.717, 1.165) is 0 Å². The van der Waals surface area contributed by atoms with Gasteiger partial charge in [-0.05, 0) is 6.07 Å². The van der Waals surface area contributed by atoms with E-state index in [4.69, 9.17) is 18.7 Å². The van der Waals surface area contributed by atoms with Crippen LogP contribution in [0.4, 0.5) is 0 Å². The Morgan fingerprint density at radius 1 is 1.50 bits per heavy atom. The molecule has 0 aliphatic carbocycles. The Hall–Kier alpha value is -1.02. The van der Waals surface area contributed by atoms with Crippen LogP contribution in [0.3, 0.4) is 0 Å². The molecule has 0 saturated carbocycles. The van der Waals surface area contributed by atoms with Crippen LogP contribution in [0.5, 0.6) is 0 Å². The molecule has 8 nitrogen and oxygen atoms in total. The number of aromatic nitrogens is 1. The summed E-state index contributed by atoms with van der Waals surface area (Å²) in [5.41, 5.74) is -1.83. The Balaban J connectivity index is 1.95. The van der Waals surface area contributed by atoms with Crippen LogP contribution in [0.15, 0.2) is 29.2 Å². The van der Waals surface area contributed by atoms with E-state index >= 15 is 0 Å². The van der Waals surface area contributed by atoms with Crippen molar-refractivity contribution in [3.63, 3.8) is 0 Å². The van der Waals surface area contributed by atoms with Gasteiger partial charge in [0.05, 0.1) is 18.9 Å². The molecule has 1 aromatic rings. The van der Waals surface area contributed by atoms with Gasteiger partial charge in [-0.25, -0.2) is 0 Å². The minimum absolute atomic E-state index is 0.129. The molecular weight excluding hydrogens is 337 g/mol. The highest BCUT2D eigenvalue weighted by Gasteiger charge is 2.64. The van der Waals surface area contributed by atoms with Crippen molar-refractivity contribution in [3.05, 3.63) is 34.7 Å². The van der Waals surface area contributed by atoms with E-state index in [1.165, 1.54) is 17.7 Å². The summed E-state index contributed by atoms with van der Waals surface area (Å²) in [6, 6.07) is 4.76. The molecule has 24 heavy (non-hydrogen) atoms. The molecule has 4 unspecified atom stereocenters. The Bertz CT molecular complexity index is 705. The first-order valence-electron chi connectivity index (χ1n) is 7.77. The Kier molecular flexibility index (Phi) is 4.72. The summed E-state index contributed by atoms with van der Waals surface area (Å²) in [6.45, 7) is 3.53. The summed E-state index contributed by atoms with van der Waals surface area (Å²) < 4.78 is 36.3. The molecule has 0 aromatic carbocycles. The van der Waals surface area contributed by atoms with Gasteiger partial charge >= 0.3 is 7.60 Å². The number of methoxy groups -OCH3 is 1. The number of hydrogen-bond donors (Lipinski definition) is 1. The van der Waals surface area contributed by atoms with Crippen molar-refractivity contribution in [1.82, 2.24) is 4.57 Å². The van der Waals surface area contributed by atoms with Crippen molar-refractivity contribution < 1.29 is 28.2 Å². The number of pyridine rings is 1. The summed E-state index contributed by atoms with van der Waals surface area (Å²) in [5.74, 6) is 0. The lowest BCUT2D eigenvalue weighted by Crippen LogP contribution is -2.46. The lowest BCUT2D eigenvalue weighted by Gasteiger charge is -2.31. The molecule has 2 bridgehead atoms. The van der Waals surface area contributed by atoms with E-state index in [9.17, 15) is 14.3 Å². The van der Waals surface area contributed by atoms with Crippen LogP contribution in [0.25, 0.3) is 0 Å². The monoisotopic (exact) mass is 359 g/mol. The average molecular weight is 359 g/mol. The highest BCUT2D eigenvalue weighted by atomic mass is 31.2. The molecule has 2 aliphatic rings. The summed E-state index contributed by atoms with van der Waals surface area (Å²) >= 11 is 0. The average Bonchev–Trinajstić information content (AvgIpc) is 2.99. The highest BCUT2D eigenvalue weighted by Crippen LogP contribution is 2.56. The van der Waals surface area contributed by atoms with Gasteiger partial charge in [0.1, 0.15) is 17.8 Å². The second-order valence-corrected chi connectivity index (χ2v) is 8.78. The molecule has 5 atom stereocenters. The molecule has 2 aliphatic heterocycles. The molecule has 2 fully saturated rings. The van der Waals surface area contributed by atoms with E-state index in [0.29, 0.717) is 0 Å². The largest absolute Gasteiger partial charge is 0.381 e. The molecule has 0 radical (unpaired) electrons. The molecule has 2 saturated heterocycles. The summed E-state index contributed by atoms with van der Waals surface area (Å²) in [4.78, 5) is 22.2. The van der Waals surface area contributed by atoms with Gasteiger partial charge in [0.25, 0.3) is 5.56 Å². The first-order chi connectivity index (χ1) is 11.3. The van der Waals surface area contributed by atoms with Gasteiger partial charge in [-0.1, -0.05) is 19.9 Å². The van der Waals surface area contributed by atoms with Gasteiger partial charge < -0.3 is 19.1 Å². The molecule has 0 spiro atoms. The number of ether oxygens (including phenoxy) is 3. The molecule has 9 heteroatoms. The van der Waals surface area contributed by atoms with Gasteiger partial charge in [-0.2, -0.15) is 0 Å². The maximum absolute atomic E-state index is 12.4. The number of rotatable bonds is 6. The Morgan fingerprint density at radius 2 is 2.25 bits per heavy atom. The second kappa shape index (κ2) is 6.37. The maximum atomic E-state index is 12.4. The molecule has 1 aromatic heterocycles. The van der Waals surface area contributed by atoms with Crippen molar-refractivity contribution >= 4 is 7.60 Å². The van der Waals surface area contributed by atoms with E-state index in [1.54, 1.807) is 32.2 Å². The lowest BCUT2D eigenvalue weighted by molar-refractivity contribution is -0.190. The fraction of sp³-hybridized carbons (Fsp3) is 0.667.